The first-order valence-electron chi connectivity index (χ1n) is 12.6. The predicted molar refractivity (Wildman–Crippen MR) is 141 cm³/mol. The van der Waals surface area contributed by atoms with Gasteiger partial charge in [0.25, 0.3) is 5.91 Å². The van der Waals surface area contributed by atoms with E-state index in [2.05, 4.69) is 34.9 Å². The Kier molecular flexibility index (Phi) is 7.02. The van der Waals surface area contributed by atoms with E-state index in [0.717, 1.165) is 36.2 Å². The Labute approximate surface area is 217 Å². The van der Waals surface area contributed by atoms with Crippen LogP contribution in [-0.4, -0.2) is 50.1 Å². The number of anilines is 1. The number of fused-ring (bicyclic) bond motifs is 2. The number of rotatable bonds is 5. The normalized spacial score (nSPS) is 15.7. The topological polar surface area (TPSA) is 89.0 Å². The van der Waals surface area contributed by atoms with Crippen molar-refractivity contribution < 1.29 is 18.7 Å². The van der Waals surface area contributed by atoms with E-state index in [1.165, 1.54) is 12.7 Å². The summed E-state index contributed by atoms with van der Waals surface area (Å²) in [6, 6.07) is 19.5. The number of nitrogens with two attached hydrogens (primary N) is 1. The van der Waals surface area contributed by atoms with Crippen molar-refractivity contribution in [3.63, 3.8) is 0 Å². The van der Waals surface area contributed by atoms with Crippen molar-refractivity contribution in [3.8, 4) is 11.8 Å². The molecular weight excluding hydrogens is 466 g/mol. The van der Waals surface area contributed by atoms with Crippen molar-refractivity contribution in [2.45, 2.75) is 31.2 Å². The van der Waals surface area contributed by atoms with Crippen LogP contribution in [0.25, 0.3) is 0 Å². The molecule has 1 spiro atoms. The molecule has 0 bridgehead atoms. The maximum atomic E-state index is 13.2. The molecule has 3 heterocycles. The molecule has 190 valence electrons. The lowest BCUT2D eigenvalue weighted by Crippen LogP contribution is -2.47. The van der Waals surface area contributed by atoms with Gasteiger partial charge in [0.05, 0.1) is 13.5 Å². The van der Waals surface area contributed by atoms with Gasteiger partial charge in [-0.3, -0.25) is 9.59 Å². The molecule has 0 radical (unpaired) electrons. The third-order valence-electron chi connectivity index (χ3n) is 7.44. The third-order valence-corrected chi connectivity index (χ3v) is 7.44. The van der Waals surface area contributed by atoms with E-state index in [0.29, 0.717) is 44.1 Å². The van der Waals surface area contributed by atoms with Crippen LogP contribution in [0.4, 0.5) is 5.69 Å². The molecule has 37 heavy (non-hydrogen) atoms. The summed E-state index contributed by atoms with van der Waals surface area (Å²) in [4.78, 5) is 29.1. The van der Waals surface area contributed by atoms with Gasteiger partial charge in [0.2, 0.25) is 0 Å². The number of carbonyl (C=O) groups is 2. The molecule has 2 aromatic carbocycles. The number of esters is 1. The first-order valence-corrected chi connectivity index (χ1v) is 12.6. The summed E-state index contributed by atoms with van der Waals surface area (Å²) in [5.41, 5.74) is 10.3. The molecule has 0 unspecified atom stereocenters. The van der Waals surface area contributed by atoms with Gasteiger partial charge >= 0.3 is 5.97 Å². The molecule has 7 heteroatoms. The number of hydrogen-bond donors (Lipinski definition) is 1. The fourth-order valence-corrected chi connectivity index (χ4v) is 5.37. The first kappa shape index (κ1) is 24.7. The Balaban J connectivity index is 1.28. The summed E-state index contributed by atoms with van der Waals surface area (Å²) in [6.07, 6.45) is 2.00. The summed E-state index contributed by atoms with van der Waals surface area (Å²) in [7, 11) is 1.42. The molecule has 2 aliphatic heterocycles. The second-order valence-corrected chi connectivity index (χ2v) is 9.66. The number of amides is 1. The SMILES string of the molecule is COC(=O)CCN1CC2(CCN(C(=O)c3ccc(C#Cc4ccccc4)o3)CC2)c2cc(CN)ccc21. The summed E-state index contributed by atoms with van der Waals surface area (Å²) in [5, 5.41) is 0. The van der Waals surface area contributed by atoms with Crippen LogP contribution in [0.1, 0.15) is 52.3 Å². The van der Waals surface area contributed by atoms with E-state index < -0.39 is 0 Å². The van der Waals surface area contributed by atoms with Gasteiger partial charge < -0.3 is 24.7 Å². The fraction of sp³-hybridized carbons (Fsp3) is 0.333. The summed E-state index contributed by atoms with van der Waals surface area (Å²) < 4.78 is 10.6. The molecule has 1 saturated heterocycles. The standard InChI is InChI=1S/C30H31N3O4/c1-36-28(34)13-16-33-21-30(25-19-23(20-31)8-11-26(25)33)14-17-32(18-15-30)29(35)27-12-10-24(37-27)9-7-22-5-3-2-4-6-22/h2-6,8,10-12,19H,13-18,20-21,31H2,1H3. The molecule has 0 atom stereocenters. The second-order valence-electron chi connectivity index (χ2n) is 9.66. The van der Waals surface area contributed by atoms with E-state index in [9.17, 15) is 9.59 Å². The highest BCUT2D eigenvalue weighted by Crippen LogP contribution is 2.47. The van der Waals surface area contributed by atoms with Crippen LogP contribution in [0.5, 0.6) is 0 Å². The molecule has 2 N–H and O–H groups in total. The van der Waals surface area contributed by atoms with Crippen molar-refractivity contribution in [2.75, 3.05) is 38.2 Å². The quantitative estimate of drug-likeness (QED) is 0.427. The average molecular weight is 498 g/mol. The number of benzene rings is 2. The molecule has 0 aliphatic carbocycles. The molecule has 1 amide bonds. The van der Waals surface area contributed by atoms with Crippen LogP contribution < -0.4 is 10.6 Å². The van der Waals surface area contributed by atoms with Crippen LogP contribution in [0, 0.1) is 11.8 Å². The Morgan fingerprint density at radius 3 is 2.57 bits per heavy atom. The third kappa shape index (κ3) is 5.11. The van der Waals surface area contributed by atoms with Gasteiger partial charge in [-0.2, -0.15) is 0 Å². The van der Waals surface area contributed by atoms with Gasteiger partial charge in [-0.25, -0.2) is 0 Å². The Hall–Kier alpha value is -4.02. The molecule has 5 rings (SSSR count). The number of nitrogens with zero attached hydrogens (tertiary/aromatic N) is 2. The number of piperidine rings is 1. The highest BCUT2D eigenvalue weighted by molar-refractivity contribution is 5.91. The molecule has 0 saturated carbocycles. The van der Waals surface area contributed by atoms with Crippen LogP contribution in [0.2, 0.25) is 0 Å². The molecular formula is C30H31N3O4. The molecule has 1 fully saturated rings. The second kappa shape index (κ2) is 10.5. The molecule has 2 aliphatic rings. The largest absolute Gasteiger partial charge is 0.469 e. The lowest BCUT2D eigenvalue weighted by molar-refractivity contribution is -0.140. The van der Waals surface area contributed by atoms with E-state index in [4.69, 9.17) is 14.9 Å². The highest BCUT2D eigenvalue weighted by Gasteiger charge is 2.45. The first-order chi connectivity index (χ1) is 18.0. The zero-order valence-corrected chi connectivity index (χ0v) is 21.0. The molecule has 3 aromatic rings. The highest BCUT2D eigenvalue weighted by atomic mass is 16.5. The minimum absolute atomic E-state index is 0.0805. The lowest BCUT2D eigenvalue weighted by atomic mass is 9.74. The maximum absolute atomic E-state index is 13.2. The van der Waals surface area contributed by atoms with Crippen LogP contribution in [0.15, 0.2) is 65.1 Å². The minimum atomic E-state index is -0.215. The maximum Gasteiger partial charge on any atom is 0.307 e. The van der Waals surface area contributed by atoms with Crippen molar-refractivity contribution in [2.24, 2.45) is 5.73 Å². The summed E-state index contributed by atoms with van der Waals surface area (Å²) in [5.74, 6) is 6.51. The van der Waals surface area contributed by atoms with E-state index in [-0.39, 0.29) is 17.3 Å². The fourth-order valence-electron chi connectivity index (χ4n) is 5.37. The minimum Gasteiger partial charge on any atom is -0.469 e. The Bertz CT molecular complexity index is 1340. The molecule has 1 aromatic heterocycles. The summed E-state index contributed by atoms with van der Waals surface area (Å²) in [6.45, 7) is 3.15. The van der Waals surface area contributed by atoms with Gasteiger partial charge in [0.15, 0.2) is 11.5 Å². The number of furan rings is 1. The predicted octanol–water partition coefficient (Wildman–Crippen LogP) is 3.70. The lowest BCUT2D eigenvalue weighted by Gasteiger charge is -2.39. The van der Waals surface area contributed by atoms with Crippen molar-refractivity contribution in [3.05, 3.63) is 88.9 Å². The number of likely N-dealkylation sites (tertiary alicyclic amines) is 1. The van der Waals surface area contributed by atoms with Crippen molar-refractivity contribution in [1.29, 1.82) is 0 Å². The number of carbonyl (C=O) groups excluding carboxylic acids is 2. The van der Waals surface area contributed by atoms with Crippen LogP contribution in [-0.2, 0) is 21.5 Å². The zero-order chi connectivity index (χ0) is 25.8. The smallest absolute Gasteiger partial charge is 0.307 e. The van der Waals surface area contributed by atoms with Crippen molar-refractivity contribution >= 4 is 17.6 Å². The van der Waals surface area contributed by atoms with Crippen LogP contribution >= 0.6 is 0 Å². The number of methoxy groups -OCH3 is 1. The number of hydrogen-bond acceptors (Lipinski definition) is 6. The van der Waals surface area contributed by atoms with Gasteiger partial charge in [-0.05, 0) is 60.2 Å². The van der Waals surface area contributed by atoms with Gasteiger partial charge in [0, 0.05) is 49.4 Å². The zero-order valence-electron chi connectivity index (χ0n) is 21.0. The van der Waals surface area contributed by atoms with Gasteiger partial charge in [0.1, 0.15) is 0 Å². The van der Waals surface area contributed by atoms with E-state index >= 15 is 0 Å². The monoisotopic (exact) mass is 497 g/mol. The molecule has 7 nitrogen and oxygen atoms in total. The van der Waals surface area contributed by atoms with E-state index in [1.807, 2.05) is 35.2 Å². The average Bonchev–Trinajstić information content (AvgIpc) is 3.54. The Morgan fingerprint density at radius 1 is 1.05 bits per heavy atom. The van der Waals surface area contributed by atoms with E-state index in [1.54, 1.807) is 12.1 Å². The number of ether oxygens (including phenoxy) is 1. The Morgan fingerprint density at radius 2 is 1.84 bits per heavy atom. The van der Waals surface area contributed by atoms with Crippen molar-refractivity contribution in [1.82, 2.24) is 4.90 Å². The van der Waals surface area contributed by atoms with Gasteiger partial charge in [-0.15, -0.1) is 0 Å². The van der Waals surface area contributed by atoms with Gasteiger partial charge in [-0.1, -0.05) is 36.3 Å². The van der Waals surface area contributed by atoms with Crippen LogP contribution in [0.3, 0.4) is 0 Å². The summed E-state index contributed by atoms with van der Waals surface area (Å²) >= 11 is 0.